The van der Waals surface area contributed by atoms with E-state index >= 15 is 0 Å². The van der Waals surface area contributed by atoms with Crippen LogP contribution < -0.4 is 0 Å². The van der Waals surface area contributed by atoms with Crippen LogP contribution in [0.4, 0.5) is 0 Å². The normalized spacial score (nSPS) is 11.8. The molecule has 154 valence electrons. The number of aromatic amines is 1. The number of nitrogens with zero attached hydrogens (tertiary/aromatic N) is 2. The van der Waals surface area contributed by atoms with Gasteiger partial charge in [-0.05, 0) is 49.9 Å². The van der Waals surface area contributed by atoms with Crippen molar-refractivity contribution < 1.29 is 28.2 Å². The summed E-state index contributed by atoms with van der Waals surface area (Å²) in [6.07, 6.45) is 4.62. The smallest absolute Gasteiger partial charge is 0.414 e. The average molecular weight is 411 g/mol. The number of benzene rings is 1. The predicted molar refractivity (Wildman–Crippen MR) is 107 cm³/mol. The number of fused-ring (bicyclic) bond motifs is 1. The van der Waals surface area contributed by atoms with Crippen molar-refractivity contribution in [3.8, 4) is 0 Å². The van der Waals surface area contributed by atoms with E-state index in [-0.39, 0.29) is 0 Å². The van der Waals surface area contributed by atoms with Crippen molar-refractivity contribution in [2.45, 2.75) is 6.42 Å². The molecule has 0 atom stereocenters. The predicted octanol–water partition coefficient (Wildman–Crippen LogP) is 1.29. The first kappa shape index (κ1) is 23.3. The number of carbonyl (C=O) groups is 2. The van der Waals surface area contributed by atoms with Gasteiger partial charge in [-0.1, -0.05) is 6.07 Å². The van der Waals surface area contributed by atoms with Crippen molar-refractivity contribution in [2.24, 2.45) is 0 Å². The molecule has 0 saturated heterocycles. The summed E-state index contributed by atoms with van der Waals surface area (Å²) in [4.78, 5) is 23.6. The summed E-state index contributed by atoms with van der Waals surface area (Å²) >= 11 is 0. The lowest BCUT2D eigenvalue weighted by molar-refractivity contribution is -0.159. The van der Waals surface area contributed by atoms with E-state index in [1.54, 1.807) is 6.08 Å². The molecule has 10 heteroatoms. The molecule has 3 N–H and O–H groups in total. The van der Waals surface area contributed by atoms with Gasteiger partial charge in [-0.15, -0.1) is 0 Å². The summed E-state index contributed by atoms with van der Waals surface area (Å²) in [6, 6.07) is 5.92. The molecule has 2 aromatic rings. The molecule has 28 heavy (non-hydrogen) atoms. The van der Waals surface area contributed by atoms with Crippen LogP contribution in [0.25, 0.3) is 17.0 Å². The third kappa shape index (κ3) is 7.14. The fraction of sp³-hybridized carbons (Fsp3) is 0.333. The molecule has 2 rings (SSSR count). The van der Waals surface area contributed by atoms with Gasteiger partial charge in [0, 0.05) is 43.1 Å². The molecule has 0 aliphatic carbocycles. The maximum Gasteiger partial charge on any atom is 0.414 e. The number of aliphatic carboxylic acids is 2. The Morgan fingerprint density at radius 2 is 1.71 bits per heavy atom. The Balaban J connectivity index is 0.000000568. The molecule has 0 amide bonds. The van der Waals surface area contributed by atoms with E-state index in [0.717, 1.165) is 29.4 Å². The van der Waals surface area contributed by atoms with Crippen LogP contribution in [0.15, 0.2) is 29.8 Å². The Morgan fingerprint density at radius 1 is 1.11 bits per heavy atom. The topological polar surface area (TPSA) is 131 Å². The minimum atomic E-state index is -3.33. The molecule has 1 aromatic carbocycles. The molecule has 1 heterocycles. The molecule has 0 fully saturated rings. The van der Waals surface area contributed by atoms with Crippen LogP contribution in [0.1, 0.15) is 11.1 Å². The second-order valence-electron chi connectivity index (χ2n) is 6.41. The van der Waals surface area contributed by atoms with E-state index in [1.165, 1.54) is 29.4 Å². The molecule has 0 aliphatic heterocycles. The number of sulfonamides is 1. The zero-order valence-electron chi connectivity index (χ0n) is 16.2. The van der Waals surface area contributed by atoms with E-state index in [2.05, 4.69) is 24.0 Å². The van der Waals surface area contributed by atoms with Crippen molar-refractivity contribution in [2.75, 3.05) is 34.7 Å². The van der Waals surface area contributed by atoms with Crippen LogP contribution in [0.5, 0.6) is 0 Å². The fourth-order valence-electron chi connectivity index (χ4n) is 2.14. The maximum atomic E-state index is 11.8. The summed E-state index contributed by atoms with van der Waals surface area (Å²) in [5.74, 6) is -3.65. The zero-order chi connectivity index (χ0) is 21.5. The van der Waals surface area contributed by atoms with Crippen LogP contribution in [-0.2, 0) is 26.0 Å². The molecule has 0 radical (unpaired) electrons. The van der Waals surface area contributed by atoms with Gasteiger partial charge in [0.15, 0.2) is 0 Å². The van der Waals surface area contributed by atoms with Gasteiger partial charge in [0.1, 0.15) is 0 Å². The molecular formula is C18H25N3O6S. The Hall–Kier alpha value is -2.69. The van der Waals surface area contributed by atoms with E-state index in [0.29, 0.717) is 0 Å². The fourth-order valence-corrected chi connectivity index (χ4v) is 2.71. The van der Waals surface area contributed by atoms with Gasteiger partial charge in [0.2, 0.25) is 10.0 Å². The number of rotatable bonds is 6. The molecular weight excluding hydrogens is 386 g/mol. The highest BCUT2D eigenvalue weighted by atomic mass is 32.2. The SMILES string of the molecule is CN(C)CCc1c[nH]c2ccc(/C=C/S(=O)(=O)N(C)C)cc12.O=C(O)C(=O)O. The Morgan fingerprint density at radius 3 is 2.21 bits per heavy atom. The molecule has 0 spiro atoms. The minimum absolute atomic E-state index is 0.878. The van der Waals surface area contributed by atoms with Crippen molar-refractivity contribution in [3.63, 3.8) is 0 Å². The lowest BCUT2D eigenvalue weighted by atomic mass is 10.1. The number of hydrogen-bond acceptors (Lipinski definition) is 5. The summed E-state index contributed by atoms with van der Waals surface area (Å²) in [6.45, 7) is 0.974. The number of nitrogens with one attached hydrogen (secondary N) is 1. The Bertz CT molecular complexity index is 949. The van der Waals surface area contributed by atoms with Gasteiger partial charge in [-0.3, -0.25) is 0 Å². The van der Waals surface area contributed by atoms with Crippen LogP contribution >= 0.6 is 0 Å². The number of H-pyrrole nitrogens is 1. The highest BCUT2D eigenvalue weighted by Crippen LogP contribution is 2.21. The second kappa shape index (κ2) is 10.0. The molecule has 0 saturated carbocycles. The number of likely N-dealkylation sites (N-methyl/N-ethyl adjacent to an activating group) is 1. The molecule has 0 unspecified atom stereocenters. The number of carboxylic acids is 2. The van der Waals surface area contributed by atoms with E-state index in [9.17, 15) is 8.42 Å². The van der Waals surface area contributed by atoms with Crippen LogP contribution in [0.2, 0.25) is 0 Å². The Kier molecular flexibility index (Phi) is 8.35. The molecule has 0 bridgehead atoms. The van der Waals surface area contributed by atoms with Crippen molar-refractivity contribution in [1.29, 1.82) is 0 Å². The van der Waals surface area contributed by atoms with E-state index in [4.69, 9.17) is 19.8 Å². The first-order chi connectivity index (χ1) is 12.9. The van der Waals surface area contributed by atoms with Crippen LogP contribution in [-0.4, -0.2) is 79.5 Å². The average Bonchev–Trinajstić information content (AvgIpc) is 3.00. The van der Waals surface area contributed by atoms with Crippen LogP contribution in [0.3, 0.4) is 0 Å². The van der Waals surface area contributed by atoms with Gasteiger partial charge >= 0.3 is 11.9 Å². The molecule has 0 aliphatic rings. The van der Waals surface area contributed by atoms with Crippen molar-refractivity contribution in [3.05, 3.63) is 40.9 Å². The van der Waals surface area contributed by atoms with Crippen LogP contribution in [0, 0.1) is 0 Å². The standard InChI is InChI=1S/C16H23N3O2S.C2H2O4/c1-18(2)9-7-14-12-17-16-6-5-13(11-15(14)16)8-10-22(20,21)19(3)4;3-1(4)2(5)6/h5-6,8,10-12,17H,7,9H2,1-4H3;(H,3,4)(H,5,6)/b10-8+;. The summed E-state index contributed by atoms with van der Waals surface area (Å²) < 4.78 is 24.8. The Labute approximate surface area is 163 Å². The maximum absolute atomic E-state index is 11.8. The highest BCUT2D eigenvalue weighted by Gasteiger charge is 2.09. The first-order valence-corrected chi connectivity index (χ1v) is 9.76. The monoisotopic (exact) mass is 411 g/mol. The summed E-state index contributed by atoms with van der Waals surface area (Å²) in [7, 11) is 3.82. The summed E-state index contributed by atoms with van der Waals surface area (Å²) in [5, 5.41) is 17.2. The second-order valence-corrected chi connectivity index (χ2v) is 8.45. The molecule has 9 nitrogen and oxygen atoms in total. The minimum Gasteiger partial charge on any atom is -0.473 e. The lowest BCUT2D eigenvalue weighted by Crippen LogP contribution is -2.19. The lowest BCUT2D eigenvalue weighted by Gasteiger charge is -2.08. The van der Waals surface area contributed by atoms with E-state index in [1.807, 2.05) is 24.4 Å². The van der Waals surface area contributed by atoms with Crippen molar-refractivity contribution in [1.82, 2.24) is 14.2 Å². The van der Waals surface area contributed by atoms with Gasteiger partial charge in [0.05, 0.1) is 0 Å². The number of carboxylic acid groups (broad SMARTS) is 2. The largest absolute Gasteiger partial charge is 0.473 e. The van der Waals surface area contributed by atoms with E-state index < -0.39 is 22.0 Å². The third-order valence-electron chi connectivity index (χ3n) is 3.74. The first-order valence-electron chi connectivity index (χ1n) is 8.25. The van der Waals surface area contributed by atoms with Crippen molar-refractivity contribution >= 4 is 38.9 Å². The van der Waals surface area contributed by atoms with Gasteiger partial charge in [-0.25, -0.2) is 22.3 Å². The van der Waals surface area contributed by atoms with Gasteiger partial charge in [0.25, 0.3) is 0 Å². The number of aromatic nitrogens is 1. The summed E-state index contributed by atoms with van der Waals surface area (Å²) in [5.41, 5.74) is 3.19. The molecule has 1 aromatic heterocycles. The quantitative estimate of drug-likeness (QED) is 0.610. The highest BCUT2D eigenvalue weighted by molar-refractivity contribution is 7.92. The third-order valence-corrected chi connectivity index (χ3v) is 5.24. The zero-order valence-corrected chi connectivity index (χ0v) is 17.0. The van der Waals surface area contributed by atoms with Gasteiger partial charge in [-0.2, -0.15) is 0 Å². The number of hydrogen-bond donors (Lipinski definition) is 3. The van der Waals surface area contributed by atoms with Gasteiger partial charge < -0.3 is 20.1 Å².